The Labute approximate surface area is 82.1 Å². The van der Waals surface area contributed by atoms with Gasteiger partial charge in [-0.25, -0.2) is 8.78 Å². The first-order valence-corrected chi connectivity index (χ1v) is 4.51. The van der Waals surface area contributed by atoms with Crippen molar-refractivity contribution < 1.29 is 8.78 Å². The van der Waals surface area contributed by atoms with Gasteiger partial charge in [0.25, 0.3) is 0 Å². The number of rotatable bonds is 4. The first-order valence-electron chi connectivity index (χ1n) is 4.51. The van der Waals surface area contributed by atoms with Crippen molar-refractivity contribution in [1.29, 1.82) is 0 Å². The molecule has 0 radical (unpaired) electrons. The van der Waals surface area contributed by atoms with E-state index >= 15 is 0 Å². The van der Waals surface area contributed by atoms with Crippen LogP contribution in [0.4, 0.5) is 8.78 Å². The lowest BCUT2D eigenvalue weighted by atomic mass is 10.2. The van der Waals surface area contributed by atoms with Crippen LogP contribution in [-0.4, -0.2) is 12.6 Å². The van der Waals surface area contributed by atoms with E-state index in [1.165, 1.54) is 18.2 Å². The SMILES string of the molecule is CC(CN)NCc1c(F)cccc1F. The molecular weight excluding hydrogens is 186 g/mol. The minimum absolute atomic E-state index is 0.0500. The van der Waals surface area contributed by atoms with Crippen molar-refractivity contribution in [1.82, 2.24) is 5.32 Å². The molecule has 0 heterocycles. The Bertz CT molecular complexity index is 282. The number of benzene rings is 1. The van der Waals surface area contributed by atoms with E-state index in [1.54, 1.807) is 0 Å². The van der Waals surface area contributed by atoms with Gasteiger partial charge in [-0.15, -0.1) is 0 Å². The predicted molar refractivity (Wildman–Crippen MR) is 51.7 cm³/mol. The van der Waals surface area contributed by atoms with Gasteiger partial charge >= 0.3 is 0 Å². The molecule has 1 atom stereocenters. The number of nitrogens with two attached hydrogens (primary N) is 1. The van der Waals surface area contributed by atoms with Gasteiger partial charge in [-0.1, -0.05) is 6.07 Å². The molecule has 0 aliphatic rings. The molecule has 0 bridgehead atoms. The molecule has 0 saturated carbocycles. The Morgan fingerprint density at radius 3 is 2.43 bits per heavy atom. The summed E-state index contributed by atoms with van der Waals surface area (Å²) in [4.78, 5) is 0. The Morgan fingerprint density at radius 1 is 1.36 bits per heavy atom. The maximum absolute atomic E-state index is 13.1. The van der Waals surface area contributed by atoms with Crippen LogP contribution >= 0.6 is 0 Å². The van der Waals surface area contributed by atoms with Gasteiger partial charge in [0.15, 0.2) is 0 Å². The molecular formula is C10H14F2N2. The normalized spacial score (nSPS) is 12.9. The Hall–Kier alpha value is -1.00. The molecule has 0 aromatic heterocycles. The first kappa shape index (κ1) is 11.1. The molecule has 14 heavy (non-hydrogen) atoms. The van der Waals surface area contributed by atoms with Crippen LogP contribution in [0.25, 0.3) is 0 Å². The summed E-state index contributed by atoms with van der Waals surface area (Å²) >= 11 is 0. The number of hydrogen-bond donors (Lipinski definition) is 2. The lowest BCUT2D eigenvalue weighted by Gasteiger charge is -2.11. The summed E-state index contributed by atoms with van der Waals surface area (Å²) in [6.45, 7) is 2.46. The maximum atomic E-state index is 13.1. The standard InChI is InChI=1S/C10H14F2N2/c1-7(5-13)14-6-8-9(11)3-2-4-10(8)12/h2-4,7,14H,5-6,13H2,1H3. The smallest absolute Gasteiger partial charge is 0.130 e. The summed E-state index contributed by atoms with van der Waals surface area (Å²) in [7, 11) is 0. The van der Waals surface area contributed by atoms with Crippen LogP contribution in [0, 0.1) is 11.6 Å². The lowest BCUT2D eigenvalue weighted by molar-refractivity contribution is 0.503. The van der Waals surface area contributed by atoms with Gasteiger partial charge in [-0.3, -0.25) is 0 Å². The number of nitrogens with one attached hydrogen (secondary N) is 1. The highest BCUT2D eigenvalue weighted by atomic mass is 19.1. The Morgan fingerprint density at radius 2 is 1.93 bits per heavy atom. The fourth-order valence-corrected chi connectivity index (χ4v) is 1.06. The molecule has 3 N–H and O–H groups in total. The third-order valence-corrected chi connectivity index (χ3v) is 2.04. The summed E-state index contributed by atoms with van der Waals surface area (Å²) in [5.41, 5.74) is 5.43. The van der Waals surface area contributed by atoms with E-state index in [0.29, 0.717) is 6.54 Å². The fraction of sp³-hybridized carbons (Fsp3) is 0.400. The molecule has 0 aliphatic carbocycles. The van der Waals surface area contributed by atoms with Gasteiger partial charge < -0.3 is 11.1 Å². The van der Waals surface area contributed by atoms with E-state index in [9.17, 15) is 8.78 Å². The number of halogens is 2. The summed E-state index contributed by atoms with van der Waals surface area (Å²) in [6.07, 6.45) is 0. The molecule has 0 amide bonds. The molecule has 78 valence electrons. The van der Waals surface area contributed by atoms with Gasteiger partial charge in [0, 0.05) is 24.7 Å². The fourth-order valence-electron chi connectivity index (χ4n) is 1.06. The molecule has 1 aromatic rings. The molecule has 0 spiro atoms. The van der Waals surface area contributed by atoms with E-state index in [-0.39, 0.29) is 18.2 Å². The highest BCUT2D eigenvalue weighted by Crippen LogP contribution is 2.11. The van der Waals surface area contributed by atoms with Crippen molar-refractivity contribution in [2.45, 2.75) is 19.5 Å². The zero-order valence-corrected chi connectivity index (χ0v) is 8.06. The van der Waals surface area contributed by atoms with Gasteiger partial charge in [0.1, 0.15) is 11.6 Å². The predicted octanol–water partition coefficient (Wildman–Crippen LogP) is 1.40. The van der Waals surface area contributed by atoms with Gasteiger partial charge in [0.05, 0.1) is 0 Å². The largest absolute Gasteiger partial charge is 0.329 e. The summed E-state index contributed by atoms with van der Waals surface area (Å²) in [6, 6.07) is 3.88. The highest BCUT2D eigenvalue weighted by molar-refractivity contribution is 5.19. The van der Waals surface area contributed by atoms with E-state index in [2.05, 4.69) is 5.32 Å². The highest BCUT2D eigenvalue weighted by Gasteiger charge is 2.08. The maximum Gasteiger partial charge on any atom is 0.130 e. The van der Waals surface area contributed by atoms with E-state index in [4.69, 9.17) is 5.73 Å². The van der Waals surface area contributed by atoms with Crippen molar-refractivity contribution >= 4 is 0 Å². The van der Waals surface area contributed by atoms with Gasteiger partial charge in [-0.05, 0) is 19.1 Å². The van der Waals surface area contributed by atoms with Gasteiger partial charge in [0.2, 0.25) is 0 Å². The second kappa shape index (κ2) is 5.02. The molecule has 1 aromatic carbocycles. The van der Waals surface area contributed by atoms with Crippen molar-refractivity contribution in [3.05, 3.63) is 35.4 Å². The molecule has 2 nitrogen and oxygen atoms in total. The first-order chi connectivity index (χ1) is 6.65. The van der Waals surface area contributed by atoms with Crippen molar-refractivity contribution in [3.8, 4) is 0 Å². The van der Waals surface area contributed by atoms with Crippen LogP contribution in [0.2, 0.25) is 0 Å². The van der Waals surface area contributed by atoms with E-state index in [1.807, 2.05) is 6.92 Å². The average molecular weight is 200 g/mol. The van der Waals surface area contributed by atoms with Crippen LogP contribution in [0.15, 0.2) is 18.2 Å². The van der Waals surface area contributed by atoms with Gasteiger partial charge in [-0.2, -0.15) is 0 Å². The molecule has 0 aliphatic heterocycles. The zero-order valence-electron chi connectivity index (χ0n) is 8.06. The second-order valence-corrected chi connectivity index (χ2v) is 3.22. The third-order valence-electron chi connectivity index (χ3n) is 2.04. The molecule has 0 saturated heterocycles. The second-order valence-electron chi connectivity index (χ2n) is 3.22. The summed E-state index contributed by atoms with van der Waals surface area (Å²) < 4.78 is 26.2. The third kappa shape index (κ3) is 2.75. The molecule has 0 fully saturated rings. The van der Waals surface area contributed by atoms with Crippen molar-refractivity contribution in [3.63, 3.8) is 0 Å². The van der Waals surface area contributed by atoms with Crippen molar-refractivity contribution in [2.24, 2.45) is 5.73 Å². The summed E-state index contributed by atoms with van der Waals surface area (Å²) in [5, 5.41) is 2.93. The van der Waals surface area contributed by atoms with E-state index in [0.717, 1.165) is 0 Å². The van der Waals surface area contributed by atoms with Crippen molar-refractivity contribution in [2.75, 3.05) is 6.54 Å². The quantitative estimate of drug-likeness (QED) is 0.771. The topological polar surface area (TPSA) is 38.0 Å². The summed E-state index contributed by atoms with van der Waals surface area (Å²) in [5.74, 6) is -1.05. The molecule has 1 rings (SSSR count). The minimum atomic E-state index is -0.526. The molecule has 1 unspecified atom stereocenters. The Kier molecular flexibility index (Phi) is 3.98. The average Bonchev–Trinajstić information content (AvgIpc) is 2.16. The van der Waals surface area contributed by atoms with Crippen LogP contribution in [0.3, 0.4) is 0 Å². The zero-order chi connectivity index (χ0) is 10.6. The Balaban J connectivity index is 2.66. The van der Waals surface area contributed by atoms with Crippen LogP contribution in [-0.2, 0) is 6.54 Å². The lowest BCUT2D eigenvalue weighted by Crippen LogP contribution is -2.33. The van der Waals surface area contributed by atoms with Crippen LogP contribution < -0.4 is 11.1 Å². The van der Waals surface area contributed by atoms with Crippen LogP contribution in [0.5, 0.6) is 0 Å². The monoisotopic (exact) mass is 200 g/mol. The van der Waals surface area contributed by atoms with E-state index < -0.39 is 11.6 Å². The van der Waals surface area contributed by atoms with Crippen LogP contribution in [0.1, 0.15) is 12.5 Å². The molecule has 4 heteroatoms. The number of hydrogen-bond acceptors (Lipinski definition) is 2. The minimum Gasteiger partial charge on any atom is -0.329 e.